The van der Waals surface area contributed by atoms with Gasteiger partial charge in [0.15, 0.2) is 5.41 Å². The molecule has 112 valence electrons. The minimum absolute atomic E-state index is 0.102. The molecule has 1 aromatic heterocycles. The fourth-order valence-electron chi connectivity index (χ4n) is 2.44. The van der Waals surface area contributed by atoms with Gasteiger partial charge in [0.05, 0.1) is 5.56 Å². The maximum Gasteiger partial charge on any atom is 0.406 e. The van der Waals surface area contributed by atoms with Crippen LogP contribution in [0, 0.1) is 23.7 Å². The van der Waals surface area contributed by atoms with E-state index in [9.17, 15) is 18.0 Å². The molecule has 0 radical (unpaired) electrons. The SMILES string of the molecule is Cc1ccnc(N2CCC(C(=O)O)(C(F)(F)F)C2)c1C#N. The van der Waals surface area contributed by atoms with Crippen molar-refractivity contribution >= 4 is 11.8 Å². The van der Waals surface area contributed by atoms with Crippen molar-refractivity contribution in [3.8, 4) is 6.07 Å². The highest BCUT2D eigenvalue weighted by molar-refractivity contribution is 5.78. The highest BCUT2D eigenvalue weighted by Crippen LogP contribution is 2.46. The largest absolute Gasteiger partial charge is 0.481 e. The van der Waals surface area contributed by atoms with E-state index >= 15 is 0 Å². The van der Waals surface area contributed by atoms with E-state index in [1.807, 2.05) is 6.07 Å². The summed E-state index contributed by atoms with van der Waals surface area (Å²) < 4.78 is 39.4. The molecule has 1 atom stereocenters. The summed E-state index contributed by atoms with van der Waals surface area (Å²) in [7, 11) is 0. The molecule has 0 spiro atoms. The van der Waals surface area contributed by atoms with Crippen molar-refractivity contribution in [1.82, 2.24) is 4.98 Å². The average molecular weight is 299 g/mol. The van der Waals surface area contributed by atoms with Crippen LogP contribution in [0.25, 0.3) is 0 Å². The number of anilines is 1. The van der Waals surface area contributed by atoms with Crippen LogP contribution >= 0.6 is 0 Å². The molecule has 0 aromatic carbocycles. The third-order valence-electron chi connectivity index (χ3n) is 3.77. The predicted molar refractivity (Wildman–Crippen MR) is 66.6 cm³/mol. The second kappa shape index (κ2) is 4.91. The Morgan fingerprint density at radius 3 is 2.71 bits per heavy atom. The Kier molecular flexibility index (Phi) is 3.53. The van der Waals surface area contributed by atoms with Gasteiger partial charge in [-0.05, 0) is 25.0 Å². The zero-order chi connectivity index (χ0) is 15.8. The molecular weight excluding hydrogens is 287 g/mol. The zero-order valence-corrected chi connectivity index (χ0v) is 11.1. The van der Waals surface area contributed by atoms with Gasteiger partial charge in [-0.1, -0.05) is 0 Å². The summed E-state index contributed by atoms with van der Waals surface area (Å²) in [6, 6.07) is 3.48. The molecule has 1 unspecified atom stereocenters. The van der Waals surface area contributed by atoms with Crippen LogP contribution < -0.4 is 4.90 Å². The third kappa shape index (κ3) is 2.28. The van der Waals surface area contributed by atoms with Gasteiger partial charge in [-0.3, -0.25) is 4.79 Å². The van der Waals surface area contributed by atoms with Gasteiger partial charge in [-0.25, -0.2) is 4.98 Å². The first kappa shape index (κ1) is 15.1. The molecule has 1 aromatic rings. The van der Waals surface area contributed by atoms with E-state index in [1.54, 1.807) is 13.0 Å². The second-order valence-corrected chi connectivity index (χ2v) is 4.99. The molecule has 0 amide bonds. The number of nitrogens with zero attached hydrogens (tertiary/aromatic N) is 3. The third-order valence-corrected chi connectivity index (χ3v) is 3.77. The van der Waals surface area contributed by atoms with E-state index < -0.39 is 30.5 Å². The molecule has 5 nitrogen and oxygen atoms in total. The number of pyridine rings is 1. The van der Waals surface area contributed by atoms with Crippen molar-refractivity contribution in [2.45, 2.75) is 19.5 Å². The summed E-state index contributed by atoms with van der Waals surface area (Å²) in [5.41, 5.74) is -2.06. The Bertz CT molecular complexity index is 624. The first-order valence-corrected chi connectivity index (χ1v) is 6.14. The van der Waals surface area contributed by atoms with E-state index in [0.717, 1.165) is 0 Å². The molecule has 2 heterocycles. The van der Waals surface area contributed by atoms with Crippen LogP contribution in [0.3, 0.4) is 0 Å². The van der Waals surface area contributed by atoms with Gasteiger partial charge in [0.1, 0.15) is 11.9 Å². The molecule has 8 heteroatoms. The predicted octanol–water partition coefficient (Wildman–Crippen LogP) is 2.11. The number of hydrogen-bond donors (Lipinski definition) is 1. The van der Waals surface area contributed by atoms with Gasteiger partial charge in [-0.2, -0.15) is 18.4 Å². The molecular formula is C13H12F3N3O2. The maximum absolute atomic E-state index is 13.1. The van der Waals surface area contributed by atoms with Crippen LogP contribution in [0.4, 0.5) is 19.0 Å². The summed E-state index contributed by atoms with van der Waals surface area (Å²) in [6.45, 7) is 0.794. The lowest BCUT2D eigenvalue weighted by atomic mass is 9.86. The van der Waals surface area contributed by atoms with E-state index in [4.69, 9.17) is 10.4 Å². The van der Waals surface area contributed by atoms with E-state index in [0.29, 0.717) is 5.56 Å². The van der Waals surface area contributed by atoms with Crippen LogP contribution in [0.1, 0.15) is 17.5 Å². The van der Waals surface area contributed by atoms with Crippen LogP contribution in [0.5, 0.6) is 0 Å². The van der Waals surface area contributed by atoms with Crippen molar-refractivity contribution in [3.05, 3.63) is 23.4 Å². The van der Waals surface area contributed by atoms with Crippen molar-refractivity contribution in [1.29, 1.82) is 5.26 Å². The smallest absolute Gasteiger partial charge is 0.406 e. The van der Waals surface area contributed by atoms with E-state index in [1.165, 1.54) is 11.1 Å². The Morgan fingerprint density at radius 1 is 1.57 bits per heavy atom. The first-order chi connectivity index (χ1) is 9.73. The van der Waals surface area contributed by atoms with Crippen LogP contribution in [0.2, 0.25) is 0 Å². The lowest BCUT2D eigenvalue weighted by Gasteiger charge is -2.27. The van der Waals surface area contributed by atoms with Gasteiger partial charge < -0.3 is 10.0 Å². The molecule has 1 aliphatic heterocycles. The molecule has 1 N–H and O–H groups in total. The Morgan fingerprint density at radius 2 is 2.24 bits per heavy atom. The summed E-state index contributed by atoms with van der Waals surface area (Å²) in [5.74, 6) is -1.80. The highest BCUT2D eigenvalue weighted by Gasteiger charge is 2.64. The molecule has 0 aliphatic carbocycles. The number of carboxylic acids is 1. The van der Waals surface area contributed by atoms with Crippen molar-refractivity contribution < 1.29 is 23.1 Å². The minimum atomic E-state index is -4.86. The number of carbonyl (C=O) groups is 1. The standard InChI is InChI=1S/C13H12F3N3O2/c1-8-2-4-18-10(9(8)6-17)19-5-3-12(7-19,11(20)21)13(14,15)16/h2,4H,3,5,7H2,1H3,(H,20,21). The fraction of sp³-hybridized carbons (Fsp3) is 0.462. The Labute approximate surface area is 118 Å². The molecule has 0 saturated carbocycles. The van der Waals surface area contributed by atoms with Gasteiger partial charge in [0.2, 0.25) is 0 Å². The quantitative estimate of drug-likeness (QED) is 0.905. The summed E-state index contributed by atoms with van der Waals surface area (Å²) in [4.78, 5) is 16.3. The van der Waals surface area contributed by atoms with Crippen LogP contribution in [-0.4, -0.2) is 35.3 Å². The number of halogens is 3. The highest BCUT2D eigenvalue weighted by atomic mass is 19.4. The minimum Gasteiger partial charge on any atom is -0.481 e. The van der Waals surface area contributed by atoms with Gasteiger partial charge >= 0.3 is 12.1 Å². The molecule has 21 heavy (non-hydrogen) atoms. The fourth-order valence-corrected chi connectivity index (χ4v) is 2.44. The summed E-state index contributed by atoms with van der Waals surface area (Å²) >= 11 is 0. The number of carboxylic acid groups (broad SMARTS) is 1. The van der Waals surface area contributed by atoms with Crippen molar-refractivity contribution in [2.24, 2.45) is 5.41 Å². The Balaban J connectivity index is 2.42. The van der Waals surface area contributed by atoms with E-state index in [2.05, 4.69) is 4.98 Å². The lowest BCUT2D eigenvalue weighted by molar-refractivity contribution is -0.225. The monoisotopic (exact) mass is 299 g/mol. The molecule has 1 fully saturated rings. The number of aromatic nitrogens is 1. The topological polar surface area (TPSA) is 77.2 Å². The first-order valence-electron chi connectivity index (χ1n) is 6.14. The lowest BCUT2D eigenvalue weighted by Crippen LogP contribution is -2.47. The number of alkyl halides is 3. The maximum atomic E-state index is 13.1. The number of hydrogen-bond acceptors (Lipinski definition) is 4. The van der Waals surface area contributed by atoms with E-state index in [-0.39, 0.29) is 17.9 Å². The number of aliphatic carboxylic acids is 1. The number of aryl methyl sites for hydroxylation is 1. The molecule has 2 rings (SSSR count). The molecule has 0 bridgehead atoms. The number of nitriles is 1. The van der Waals surface area contributed by atoms with Gasteiger partial charge in [0, 0.05) is 19.3 Å². The average Bonchev–Trinajstić information content (AvgIpc) is 2.84. The summed E-state index contributed by atoms with van der Waals surface area (Å²) in [6.07, 6.45) is -4.03. The van der Waals surface area contributed by atoms with Crippen LogP contribution in [0.15, 0.2) is 12.3 Å². The van der Waals surface area contributed by atoms with Gasteiger partial charge in [-0.15, -0.1) is 0 Å². The van der Waals surface area contributed by atoms with Crippen molar-refractivity contribution in [2.75, 3.05) is 18.0 Å². The zero-order valence-electron chi connectivity index (χ0n) is 11.1. The Hall–Kier alpha value is -2.30. The second-order valence-electron chi connectivity index (χ2n) is 4.99. The normalized spacial score (nSPS) is 22.1. The van der Waals surface area contributed by atoms with Crippen molar-refractivity contribution in [3.63, 3.8) is 0 Å². The molecule has 1 saturated heterocycles. The molecule has 1 aliphatic rings. The summed E-state index contributed by atoms with van der Waals surface area (Å²) in [5, 5.41) is 18.1. The van der Waals surface area contributed by atoms with Gasteiger partial charge in [0.25, 0.3) is 0 Å². The van der Waals surface area contributed by atoms with Crippen LogP contribution in [-0.2, 0) is 4.79 Å². The number of rotatable bonds is 2.